The van der Waals surface area contributed by atoms with Gasteiger partial charge in [0.1, 0.15) is 11.5 Å². The van der Waals surface area contributed by atoms with Crippen LogP contribution in [0, 0.1) is 19.8 Å². The van der Waals surface area contributed by atoms with Crippen LogP contribution in [-0.2, 0) is 0 Å². The lowest BCUT2D eigenvalue weighted by molar-refractivity contribution is 0.394. The van der Waals surface area contributed by atoms with E-state index in [1.807, 2.05) is 0 Å². The zero-order chi connectivity index (χ0) is 20.5. The van der Waals surface area contributed by atoms with Gasteiger partial charge in [-0.2, -0.15) is 0 Å². The summed E-state index contributed by atoms with van der Waals surface area (Å²) in [4.78, 5) is 0. The molecular formula is C26H38O2. The summed E-state index contributed by atoms with van der Waals surface area (Å²) >= 11 is 0. The van der Waals surface area contributed by atoms with Crippen molar-refractivity contribution in [2.45, 2.75) is 72.1 Å². The Bertz CT molecular complexity index is 682. The SMILES string of the molecule is CCCCCCC(CC)C(c1ccc(OC)c(C)c1)c1ccc(OC)c(C)c1. The fraction of sp³-hybridized carbons (Fsp3) is 0.538. The van der Waals surface area contributed by atoms with Gasteiger partial charge >= 0.3 is 0 Å². The van der Waals surface area contributed by atoms with Crippen LogP contribution in [0.2, 0.25) is 0 Å². The maximum absolute atomic E-state index is 5.50. The maximum Gasteiger partial charge on any atom is 0.121 e. The molecule has 0 heterocycles. The van der Waals surface area contributed by atoms with Crippen LogP contribution in [0.4, 0.5) is 0 Å². The molecule has 0 amide bonds. The average molecular weight is 383 g/mol. The molecule has 154 valence electrons. The molecule has 2 heteroatoms. The highest BCUT2D eigenvalue weighted by atomic mass is 16.5. The van der Waals surface area contributed by atoms with E-state index in [2.05, 4.69) is 64.1 Å². The molecule has 0 bridgehead atoms. The van der Waals surface area contributed by atoms with Crippen molar-refractivity contribution < 1.29 is 9.47 Å². The summed E-state index contributed by atoms with van der Waals surface area (Å²) in [6.07, 6.45) is 7.74. The van der Waals surface area contributed by atoms with Crippen LogP contribution in [0.25, 0.3) is 0 Å². The van der Waals surface area contributed by atoms with Gasteiger partial charge in [-0.15, -0.1) is 0 Å². The Hall–Kier alpha value is -1.96. The van der Waals surface area contributed by atoms with Gasteiger partial charge in [-0.1, -0.05) is 70.2 Å². The fourth-order valence-corrected chi connectivity index (χ4v) is 4.37. The van der Waals surface area contributed by atoms with Crippen molar-refractivity contribution in [2.75, 3.05) is 14.2 Å². The van der Waals surface area contributed by atoms with Crippen LogP contribution in [0.5, 0.6) is 11.5 Å². The Labute approximate surface area is 172 Å². The van der Waals surface area contributed by atoms with E-state index in [0.29, 0.717) is 11.8 Å². The van der Waals surface area contributed by atoms with Gasteiger partial charge < -0.3 is 9.47 Å². The van der Waals surface area contributed by atoms with E-state index in [4.69, 9.17) is 9.47 Å². The third-order valence-corrected chi connectivity index (χ3v) is 5.98. The minimum Gasteiger partial charge on any atom is -0.496 e. The molecule has 0 aliphatic rings. The predicted octanol–water partition coefficient (Wildman–Crippen LogP) is 7.45. The van der Waals surface area contributed by atoms with Crippen LogP contribution in [0.1, 0.15) is 80.5 Å². The number of rotatable bonds is 11. The molecule has 1 atom stereocenters. The van der Waals surface area contributed by atoms with Gasteiger partial charge in [-0.3, -0.25) is 0 Å². The van der Waals surface area contributed by atoms with Crippen LogP contribution in [0.15, 0.2) is 36.4 Å². The number of methoxy groups -OCH3 is 2. The molecule has 0 saturated heterocycles. The van der Waals surface area contributed by atoms with E-state index in [9.17, 15) is 0 Å². The van der Waals surface area contributed by atoms with Crippen molar-refractivity contribution in [1.29, 1.82) is 0 Å². The predicted molar refractivity (Wildman–Crippen MR) is 120 cm³/mol. The standard InChI is InChI=1S/C26H38O2/c1-7-9-10-11-12-21(8-2)26(22-13-15-24(27-5)19(3)17-22)23-14-16-25(28-6)20(4)18-23/h13-18,21,26H,7-12H2,1-6H3. The monoisotopic (exact) mass is 382 g/mol. The maximum atomic E-state index is 5.50. The lowest BCUT2D eigenvalue weighted by Gasteiger charge is -2.29. The van der Waals surface area contributed by atoms with Gasteiger partial charge in [0.15, 0.2) is 0 Å². The summed E-state index contributed by atoms with van der Waals surface area (Å²) in [5, 5.41) is 0. The molecule has 2 aromatic rings. The molecule has 0 aliphatic carbocycles. The van der Waals surface area contributed by atoms with E-state index in [1.54, 1.807) is 14.2 Å². The average Bonchev–Trinajstić information content (AvgIpc) is 2.70. The van der Waals surface area contributed by atoms with Gasteiger partial charge in [0.05, 0.1) is 14.2 Å². The molecule has 0 saturated carbocycles. The largest absolute Gasteiger partial charge is 0.496 e. The summed E-state index contributed by atoms with van der Waals surface area (Å²) in [6, 6.07) is 13.4. The third kappa shape index (κ3) is 5.53. The molecule has 2 rings (SSSR count). The van der Waals surface area contributed by atoms with E-state index in [-0.39, 0.29) is 0 Å². The number of hydrogen-bond acceptors (Lipinski definition) is 2. The Balaban J connectivity index is 2.41. The summed E-state index contributed by atoms with van der Waals surface area (Å²) in [6.45, 7) is 8.90. The molecule has 1 unspecified atom stereocenters. The zero-order valence-corrected chi connectivity index (χ0v) is 18.7. The van der Waals surface area contributed by atoms with Gasteiger partial charge in [-0.25, -0.2) is 0 Å². The Kier molecular flexibility index (Phi) is 8.89. The highest BCUT2D eigenvalue weighted by Gasteiger charge is 2.24. The molecule has 0 aliphatic heterocycles. The van der Waals surface area contributed by atoms with Crippen LogP contribution in [-0.4, -0.2) is 14.2 Å². The van der Waals surface area contributed by atoms with Gasteiger partial charge in [-0.05, 0) is 60.6 Å². The second-order valence-corrected chi connectivity index (χ2v) is 7.95. The number of aryl methyl sites for hydroxylation is 2. The van der Waals surface area contributed by atoms with E-state index in [0.717, 1.165) is 11.5 Å². The molecule has 0 radical (unpaired) electrons. The first-order valence-corrected chi connectivity index (χ1v) is 10.8. The molecule has 0 spiro atoms. The second-order valence-electron chi connectivity index (χ2n) is 7.95. The summed E-state index contributed by atoms with van der Waals surface area (Å²) in [5.41, 5.74) is 5.20. The summed E-state index contributed by atoms with van der Waals surface area (Å²) in [7, 11) is 3.49. The van der Waals surface area contributed by atoms with Crippen molar-refractivity contribution in [3.8, 4) is 11.5 Å². The number of ether oxygens (including phenoxy) is 2. The Morgan fingerprint density at radius 1 is 0.750 bits per heavy atom. The van der Waals surface area contributed by atoms with Crippen molar-refractivity contribution in [1.82, 2.24) is 0 Å². The minimum absolute atomic E-state index is 0.404. The quantitative estimate of drug-likeness (QED) is 0.376. The minimum atomic E-state index is 0.404. The molecule has 0 aromatic heterocycles. The summed E-state index contributed by atoms with van der Waals surface area (Å²) in [5.74, 6) is 2.96. The van der Waals surface area contributed by atoms with Crippen molar-refractivity contribution in [2.24, 2.45) is 5.92 Å². The molecular weight excluding hydrogens is 344 g/mol. The number of hydrogen-bond donors (Lipinski definition) is 0. The van der Waals surface area contributed by atoms with E-state index < -0.39 is 0 Å². The first-order chi connectivity index (χ1) is 13.5. The molecule has 2 aromatic carbocycles. The van der Waals surface area contributed by atoms with Crippen LogP contribution >= 0.6 is 0 Å². The van der Waals surface area contributed by atoms with E-state index >= 15 is 0 Å². The van der Waals surface area contributed by atoms with Crippen LogP contribution < -0.4 is 9.47 Å². The lowest BCUT2D eigenvalue weighted by atomic mass is 9.76. The highest BCUT2D eigenvalue weighted by Crippen LogP contribution is 2.39. The topological polar surface area (TPSA) is 18.5 Å². The van der Waals surface area contributed by atoms with Crippen molar-refractivity contribution in [3.05, 3.63) is 58.7 Å². The smallest absolute Gasteiger partial charge is 0.121 e. The van der Waals surface area contributed by atoms with Crippen molar-refractivity contribution >= 4 is 0 Å². The lowest BCUT2D eigenvalue weighted by Crippen LogP contribution is -2.15. The van der Waals surface area contributed by atoms with Gasteiger partial charge in [0.2, 0.25) is 0 Å². The molecule has 0 fully saturated rings. The van der Waals surface area contributed by atoms with Crippen LogP contribution in [0.3, 0.4) is 0 Å². The second kappa shape index (κ2) is 11.1. The molecule has 0 N–H and O–H groups in total. The molecule has 28 heavy (non-hydrogen) atoms. The normalized spacial score (nSPS) is 12.2. The van der Waals surface area contributed by atoms with Gasteiger partial charge in [0, 0.05) is 5.92 Å². The van der Waals surface area contributed by atoms with Gasteiger partial charge in [0.25, 0.3) is 0 Å². The number of benzene rings is 2. The van der Waals surface area contributed by atoms with E-state index in [1.165, 1.54) is 60.8 Å². The Morgan fingerprint density at radius 3 is 1.68 bits per heavy atom. The first kappa shape index (κ1) is 22.3. The zero-order valence-electron chi connectivity index (χ0n) is 18.7. The highest BCUT2D eigenvalue weighted by molar-refractivity contribution is 5.44. The number of unbranched alkanes of at least 4 members (excludes halogenated alkanes) is 3. The fourth-order valence-electron chi connectivity index (χ4n) is 4.37. The van der Waals surface area contributed by atoms with Crippen molar-refractivity contribution in [3.63, 3.8) is 0 Å². The summed E-state index contributed by atoms with van der Waals surface area (Å²) < 4.78 is 11.0. The third-order valence-electron chi connectivity index (χ3n) is 5.98. The first-order valence-electron chi connectivity index (χ1n) is 10.8. The molecule has 2 nitrogen and oxygen atoms in total. The Morgan fingerprint density at radius 2 is 1.29 bits per heavy atom.